The summed E-state index contributed by atoms with van der Waals surface area (Å²) in [5.74, 6) is -0.191. The van der Waals surface area contributed by atoms with E-state index in [0.717, 1.165) is 0 Å². The van der Waals surface area contributed by atoms with Crippen molar-refractivity contribution in [2.45, 2.75) is 25.9 Å². The van der Waals surface area contributed by atoms with E-state index in [-0.39, 0.29) is 30.7 Å². The predicted molar refractivity (Wildman–Crippen MR) is 68.7 cm³/mol. The van der Waals surface area contributed by atoms with Gasteiger partial charge in [0, 0.05) is 12.5 Å². The number of rotatable bonds is 6. The van der Waals surface area contributed by atoms with E-state index in [1.165, 1.54) is 22.3 Å². The molecule has 0 aliphatic carbocycles. The lowest BCUT2D eigenvalue weighted by atomic mass is 10.1. The summed E-state index contributed by atoms with van der Waals surface area (Å²) in [6.45, 7) is 1.84. The van der Waals surface area contributed by atoms with Crippen molar-refractivity contribution in [3.8, 4) is 0 Å². The molecule has 19 heavy (non-hydrogen) atoms. The van der Waals surface area contributed by atoms with Gasteiger partial charge >= 0.3 is 0 Å². The van der Waals surface area contributed by atoms with E-state index in [1.54, 1.807) is 13.0 Å². The third-order valence-corrected chi connectivity index (χ3v) is 3.30. The fraction of sp³-hybridized carbons (Fsp3) is 0.364. The molecule has 100 valence electrons. The van der Waals surface area contributed by atoms with Crippen LogP contribution in [0.4, 0.5) is 0 Å². The second-order valence-electron chi connectivity index (χ2n) is 4.08. The number of aromatic nitrogens is 4. The summed E-state index contributed by atoms with van der Waals surface area (Å²) in [4.78, 5) is 24.2. The lowest BCUT2D eigenvalue weighted by Gasteiger charge is -2.12. The van der Waals surface area contributed by atoms with Gasteiger partial charge in [0.1, 0.15) is 12.9 Å². The Morgan fingerprint density at radius 3 is 3.00 bits per heavy atom. The Morgan fingerprint density at radius 1 is 1.53 bits per heavy atom. The smallest absolute Gasteiger partial charge is 0.242 e. The van der Waals surface area contributed by atoms with E-state index < -0.39 is 0 Å². The number of carbonyl (C=O) groups is 2. The van der Waals surface area contributed by atoms with Crippen molar-refractivity contribution in [1.82, 2.24) is 25.5 Å². The first-order valence-corrected chi connectivity index (χ1v) is 6.60. The maximum absolute atomic E-state index is 11.8. The van der Waals surface area contributed by atoms with Gasteiger partial charge < -0.3 is 5.32 Å². The Hall–Kier alpha value is -2.09. The molecule has 0 saturated carbocycles. The average Bonchev–Trinajstić information content (AvgIpc) is 3.00. The highest BCUT2D eigenvalue weighted by atomic mass is 32.1. The number of ketones is 1. The van der Waals surface area contributed by atoms with Crippen LogP contribution in [0.15, 0.2) is 23.8 Å². The zero-order valence-corrected chi connectivity index (χ0v) is 11.1. The van der Waals surface area contributed by atoms with Gasteiger partial charge in [0.25, 0.3) is 0 Å². The SMILES string of the molecule is CC(CC(=O)c1cccs1)NC(=O)Cn1cnnn1. The molecule has 1 amide bonds. The number of hydrogen-bond acceptors (Lipinski definition) is 6. The molecular weight excluding hydrogens is 266 g/mol. The molecule has 0 saturated heterocycles. The minimum absolute atomic E-state index is 0.0326. The lowest BCUT2D eigenvalue weighted by Crippen LogP contribution is -2.36. The molecule has 0 aromatic carbocycles. The van der Waals surface area contributed by atoms with Crippen molar-refractivity contribution in [3.05, 3.63) is 28.7 Å². The fourth-order valence-electron chi connectivity index (χ4n) is 1.59. The molecule has 1 atom stereocenters. The van der Waals surface area contributed by atoms with E-state index >= 15 is 0 Å². The zero-order chi connectivity index (χ0) is 13.7. The molecule has 0 bridgehead atoms. The largest absolute Gasteiger partial charge is 0.352 e. The zero-order valence-electron chi connectivity index (χ0n) is 10.3. The molecule has 2 heterocycles. The van der Waals surface area contributed by atoms with Crippen molar-refractivity contribution in [1.29, 1.82) is 0 Å². The predicted octanol–water partition coefficient (Wildman–Crippen LogP) is 0.512. The summed E-state index contributed by atoms with van der Waals surface area (Å²) in [7, 11) is 0. The van der Waals surface area contributed by atoms with Crippen molar-refractivity contribution in [2.24, 2.45) is 0 Å². The normalized spacial score (nSPS) is 12.1. The number of Topliss-reactive ketones (excluding diaryl/α,β-unsaturated/α-hetero) is 1. The molecule has 0 spiro atoms. The van der Waals surface area contributed by atoms with Crippen LogP contribution in [-0.4, -0.2) is 37.9 Å². The molecule has 2 aromatic heterocycles. The van der Waals surface area contributed by atoms with Gasteiger partial charge in [-0.25, -0.2) is 4.68 Å². The first-order valence-electron chi connectivity index (χ1n) is 5.72. The number of tetrazole rings is 1. The van der Waals surface area contributed by atoms with Crippen LogP contribution in [0.1, 0.15) is 23.0 Å². The molecule has 1 N–H and O–H groups in total. The fourth-order valence-corrected chi connectivity index (χ4v) is 2.26. The molecule has 2 aromatic rings. The van der Waals surface area contributed by atoms with Gasteiger partial charge in [-0.1, -0.05) is 6.07 Å². The number of thiophene rings is 1. The lowest BCUT2D eigenvalue weighted by molar-refractivity contribution is -0.122. The highest BCUT2D eigenvalue weighted by Gasteiger charge is 2.14. The van der Waals surface area contributed by atoms with Crippen molar-refractivity contribution in [2.75, 3.05) is 0 Å². The minimum Gasteiger partial charge on any atom is -0.352 e. The Balaban J connectivity index is 1.79. The van der Waals surface area contributed by atoms with Crippen LogP contribution in [0.5, 0.6) is 0 Å². The number of carbonyl (C=O) groups excluding carboxylic acids is 2. The maximum Gasteiger partial charge on any atom is 0.242 e. The summed E-state index contributed by atoms with van der Waals surface area (Å²) >= 11 is 1.40. The molecule has 0 aliphatic rings. The molecule has 2 rings (SSSR count). The monoisotopic (exact) mass is 279 g/mol. The van der Waals surface area contributed by atoms with Gasteiger partial charge in [0.15, 0.2) is 5.78 Å². The Morgan fingerprint density at radius 2 is 2.37 bits per heavy atom. The average molecular weight is 279 g/mol. The highest BCUT2D eigenvalue weighted by Crippen LogP contribution is 2.12. The van der Waals surface area contributed by atoms with Crippen LogP contribution in [0.2, 0.25) is 0 Å². The van der Waals surface area contributed by atoms with Gasteiger partial charge in [-0.15, -0.1) is 16.4 Å². The molecular formula is C11H13N5O2S. The van der Waals surface area contributed by atoms with Gasteiger partial charge in [0.05, 0.1) is 4.88 Å². The van der Waals surface area contributed by atoms with Crippen LogP contribution in [-0.2, 0) is 11.3 Å². The van der Waals surface area contributed by atoms with Gasteiger partial charge in [-0.2, -0.15) is 0 Å². The summed E-state index contributed by atoms with van der Waals surface area (Å²) in [5.41, 5.74) is 0. The van der Waals surface area contributed by atoms with Gasteiger partial charge in [-0.3, -0.25) is 9.59 Å². The van der Waals surface area contributed by atoms with E-state index in [0.29, 0.717) is 4.88 Å². The molecule has 7 nitrogen and oxygen atoms in total. The molecule has 0 fully saturated rings. The molecule has 0 aliphatic heterocycles. The Kier molecular flexibility index (Phi) is 4.35. The molecule has 8 heteroatoms. The Bertz CT molecular complexity index is 537. The van der Waals surface area contributed by atoms with Crippen molar-refractivity contribution in [3.63, 3.8) is 0 Å². The van der Waals surface area contributed by atoms with Crippen LogP contribution in [0.3, 0.4) is 0 Å². The number of hydrogen-bond donors (Lipinski definition) is 1. The van der Waals surface area contributed by atoms with E-state index in [4.69, 9.17) is 0 Å². The van der Waals surface area contributed by atoms with Crippen LogP contribution in [0, 0.1) is 0 Å². The number of amides is 1. The maximum atomic E-state index is 11.8. The summed E-state index contributed by atoms with van der Waals surface area (Å²) in [6.07, 6.45) is 1.64. The Labute approximate surface area is 113 Å². The van der Waals surface area contributed by atoms with Crippen LogP contribution >= 0.6 is 11.3 Å². The van der Waals surface area contributed by atoms with E-state index in [9.17, 15) is 9.59 Å². The highest BCUT2D eigenvalue weighted by molar-refractivity contribution is 7.12. The minimum atomic E-state index is -0.224. The molecule has 0 radical (unpaired) electrons. The second-order valence-corrected chi connectivity index (χ2v) is 5.03. The third-order valence-electron chi connectivity index (χ3n) is 2.39. The third kappa shape index (κ3) is 3.95. The number of nitrogens with one attached hydrogen (secondary N) is 1. The van der Waals surface area contributed by atoms with Gasteiger partial charge in [0.2, 0.25) is 5.91 Å². The van der Waals surface area contributed by atoms with Crippen LogP contribution in [0.25, 0.3) is 0 Å². The standard InChI is InChI=1S/C11H13N5O2S/c1-8(5-9(17)10-3-2-4-19-10)13-11(18)6-16-7-12-14-15-16/h2-4,7-8H,5-6H2,1H3,(H,13,18). The topological polar surface area (TPSA) is 89.8 Å². The first-order chi connectivity index (χ1) is 9.15. The summed E-state index contributed by atoms with van der Waals surface area (Å²) < 4.78 is 1.32. The quantitative estimate of drug-likeness (QED) is 0.778. The van der Waals surface area contributed by atoms with Crippen molar-refractivity contribution < 1.29 is 9.59 Å². The van der Waals surface area contributed by atoms with Crippen LogP contribution < -0.4 is 5.32 Å². The summed E-state index contributed by atoms with van der Waals surface area (Å²) in [6, 6.07) is 3.39. The number of nitrogens with zero attached hydrogens (tertiary/aromatic N) is 4. The molecule has 1 unspecified atom stereocenters. The summed E-state index contributed by atoms with van der Waals surface area (Å²) in [5, 5.41) is 15.1. The first kappa shape index (κ1) is 13.3. The van der Waals surface area contributed by atoms with Gasteiger partial charge in [-0.05, 0) is 28.8 Å². The van der Waals surface area contributed by atoms with Crippen molar-refractivity contribution >= 4 is 23.0 Å². The second kappa shape index (κ2) is 6.19. The van der Waals surface area contributed by atoms with E-state index in [1.807, 2.05) is 11.4 Å². The van der Waals surface area contributed by atoms with E-state index in [2.05, 4.69) is 20.8 Å².